The van der Waals surface area contributed by atoms with E-state index in [2.05, 4.69) is 4.98 Å². The van der Waals surface area contributed by atoms with Crippen LogP contribution in [0.25, 0.3) is 10.2 Å². The van der Waals surface area contributed by atoms with Crippen molar-refractivity contribution in [1.29, 1.82) is 0 Å². The number of nitrogens with zero attached hydrogens (tertiary/aromatic N) is 3. The summed E-state index contributed by atoms with van der Waals surface area (Å²) in [6.45, 7) is 3.48. The smallest absolute Gasteiger partial charge is 0.262 e. The van der Waals surface area contributed by atoms with Crippen molar-refractivity contribution >= 4 is 27.5 Å². The van der Waals surface area contributed by atoms with Crippen LogP contribution in [0.1, 0.15) is 40.8 Å². The normalized spacial score (nSPS) is 14.3. The highest BCUT2D eigenvalue weighted by atomic mass is 32.1. The molecule has 0 bridgehead atoms. The van der Waals surface area contributed by atoms with Crippen molar-refractivity contribution in [2.75, 3.05) is 6.54 Å². The molecule has 1 aliphatic heterocycles. The minimum Gasteiger partial charge on any atom is -0.337 e. The maximum atomic E-state index is 13.3. The fourth-order valence-corrected chi connectivity index (χ4v) is 5.76. The molecule has 3 heterocycles. The zero-order valence-corrected chi connectivity index (χ0v) is 19.1. The Hall–Kier alpha value is -3.32. The van der Waals surface area contributed by atoms with Crippen LogP contribution in [0.3, 0.4) is 0 Å². The fourth-order valence-electron chi connectivity index (χ4n) is 4.56. The summed E-state index contributed by atoms with van der Waals surface area (Å²) in [6.07, 6.45) is 2.94. The molecule has 4 aromatic rings. The number of aromatic nitrogens is 2. The van der Waals surface area contributed by atoms with E-state index < -0.39 is 0 Å². The van der Waals surface area contributed by atoms with Gasteiger partial charge in [0.15, 0.2) is 0 Å². The Balaban J connectivity index is 1.42. The summed E-state index contributed by atoms with van der Waals surface area (Å²) in [4.78, 5) is 34.8. The SMILES string of the molecule is CCC(C(=O)N1CCc2c(sc3ncn(Cc4ccc(F)cc4)c(=O)c23)C1)c1ccccc1. The summed E-state index contributed by atoms with van der Waals surface area (Å²) in [5.41, 5.74) is 2.81. The van der Waals surface area contributed by atoms with E-state index in [0.717, 1.165) is 28.0 Å². The fraction of sp³-hybridized carbons (Fsp3) is 0.269. The Morgan fingerprint density at radius 1 is 1.15 bits per heavy atom. The highest BCUT2D eigenvalue weighted by Crippen LogP contribution is 2.34. The highest BCUT2D eigenvalue weighted by molar-refractivity contribution is 7.18. The second-order valence-corrected chi connectivity index (χ2v) is 9.45. The predicted octanol–water partition coefficient (Wildman–Crippen LogP) is 4.72. The minimum atomic E-state index is -0.303. The Morgan fingerprint density at radius 2 is 1.91 bits per heavy atom. The van der Waals surface area contributed by atoms with E-state index in [0.29, 0.717) is 36.3 Å². The molecule has 1 aliphatic rings. The first-order chi connectivity index (χ1) is 16.0. The summed E-state index contributed by atoms with van der Waals surface area (Å²) >= 11 is 1.50. The topological polar surface area (TPSA) is 55.2 Å². The average Bonchev–Trinajstić information content (AvgIpc) is 3.22. The third-order valence-electron chi connectivity index (χ3n) is 6.31. The lowest BCUT2D eigenvalue weighted by Gasteiger charge is -2.30. The van der Waals surface area contributed by atoms with Gasteiger partial charge in [-0.25, -0.2) is 9.37 Å². The standard InChI is InChI=1S/C26H24FN3O2S/c1-2-20(18-6-4-3-5-7-18)25(31)29-13-12-21-22(15-29)33-24-23(21)26(32)30(16-28-24)14-17-8-10-19(27)11-9-17/h3-11,16,20H,2,12-15H2,1H3. The van der Waals surface area contributed by atoms with Crippen LogP contribution in [0, 0.1) is 5.82 Å². The highest BCUT2D eigenvalue weighted by Gasteiger charge is 2.30. The number of halogens is 1. The minimum absolute atomic E-state index is 0.0858. The molecule has 0 saturated heterocycles. The zero-order valence-electron chi connectivity index (χ0n) is 18.3. The number of rotatable bonds is 5. The van der Waals surface area contributed by atoms with Gasteiger partial charge in [0.05, 0.1) is 30.7 Å². The Morgan fingerprint density at radius 3 is 2.64 bits per heavy atom. The molecule has 5 rings (SSSR count). The second kappa shape index (κ2) is 8.90. The van der Waals surface area contributed by atoms with E-state index in [1.54, 1.807) is 23.0 Å². The predicted molar refractivity (Wildman–Crippen MR) is 128 cm³/mol. The van der Waals surface area contributed by atoms with Crippen LogP contribution in [-0.2, 0) is 24.3 Å². The van der Waals surface area contributed by atoms with Gasteiger partial charge >= 0.3 is 0 Å². The molecule has 0 fully saturated rings. The number of benzene rings is 2. The number of hydrogen-bond donors (Lipinski definition) is 0. The molecule has 0 saturated carbocycles. The van der Waals surface area contributed by atoms with Gasteiger partial charge in [0.2, 0.25) is 5.91 Å². The molecule has 5 nitrogen and oxygen atoms in total. The van der Waals surface area contributed by atoms with E-state index in [-0.39, 0.29) is 23.2 Å². The van der Waals surface area contributed by atoms with Crippen molar-refractivity contribution in [1.82, 2.24) is 14.5 Å². The van der Waals surface area contributed by atoms with Gasteiger partial charge in [0.25, 0.3) is 5.56 Å². The number of fused-ring (bicyclic) bond motifs is 3. The molecule has 2 aromatic heterocycles. The van der Waals surface area contributed by atoms with Crippen LogP contribution in [-0.4, -0.2) is 26.9 Å². The van der Waals surface area contributed by atoms with E-state index >= 15 is 0 Å². The van der Waals surface area contributed by atoms with Gasteiger partial charge in [-0.2, -0.15) is 0 Å². The van der Waals surface area contributed by atoms with E-state index in [1.807, 2.05) is 42.2 Å². The van der Waals surface area contributed by atoms with Crippen molar-refractivity contribution in [2.24, 2.45) is 0 Å². The average molecular weight is 462 g/mol. The van der Waals surface area contributed by atoms with E-state index in [4.69, 9.17) is 0 Å². The molecule has 33 heavy (non-hydrogen) atoms. The molecule has 0 radical (unpaired) electrons. The molecule has 0 spiro atoms. The van der Waals surface area contributed by atoms with Crippen LogP contribution in [0.2, 0.25) is 0 Å². The zero-order chi connectivity index (χ0) is 22.9. The molecule has 1 atom stereocenters. The summed E-state index contributed by atoms with van der Waals surface area (Å²) in [6, 6.07) is 16.0. The largest absolute Gasteiger partial charge is 0.337 e. The first kappa shape index (κ1) is 21.5. The Kier molecular flexibility index (Phi) is 5.81. The summed E-state index contributed by atoms with van der Waals surface area (Å²) in [7, 11) is 0. The molecule has 2 aromatic carbocycles. The third-order valence-corrected chi connectivity index (χ3v) is 7.44. The maximum Gasteiger partial charge on any atom is 0.262 e. The second-order valence-electron chi connectivity index (χ2n) is 8.37. The lowest BCUT2D eigenvalue weighted by atomic mass is 9.94. The van der Waals surface area contributed by atoms with Gasteiger partial charge < -0.3 is 4.90 Å². The van der Waals surface area contributed by atoms with Gasteiger partial charge in [-0.05, 0) is 41.7 Å². The Labute approximate surface area is 195 Å². The van der Waals surface area contributed by atoms with Gasteiger partial charge in [-0.1, -0.05) is 49.4 Å². The molecular weight excluding hydrogens is 437 g/mol. The van der Waals surface area contributed by atoms with Gasteiger partial charge in [-0.3, -0.25) is 14.2 Å². The molecule has 0 N–H and O–H groups in total. The van der Waals surface area contributed by atoms with Crippen LogP contribution in [0.4, 0.5) is 4.39 Å². The van der Waals surface area contributed by atoms with Crippen molar-refractivity contribution in [2.45, 2.75) is 38.8 Å². The molecule has 168 valence electrons. The van der Waals surface area contributed by atoms with Gasteiger partial charge in [0.1, 0.15) is 10.6 Å². The third kappa shape index (κ3) is 4.09. The molecular formula is C26H24FN3O2S. The molecule has 7 heteroatoms. The van der Waals surface area contributed by atoms with Crippen molar-refractivity contribution in [3.8, 4) is 0 Å². The lowest BCUT2D eigenvalue weighted by Crippen LogP contribution is -2.38. The Bertz CT molecular complexity index is 1360. The maximum absolute atomic E-state index is 13.3. The molecule has 1 amide bonds. The van der Waals surface area contributed by atoms with Gasteiger partial charge in [-0.15, -0.1) is 11.3 Å². The van der Waals surface area contributed by atoms with Crippen LogP contribution >= 0.6 is 11.3 Å². The number of carbonyl (C=O) groups is 1. The molecule has 1 unspecified atom stereocenters. The van der Waals surface area contributed by atoms with Crippen molar-refractivity contribution in [3.05, 3.63) is 98.7 Å². The first-order valence-electron chi connectivity index (χ1n) is 11.1. The van der Waals surface area contributed by atoms with Crippen molar-refractivity contribution < 1.29 is 9.18 Å². The summed E-state index contributed by atoms with van der Waals surface area (Å²) in [5, 5.41) is 0.654. The number of amides is 1. The van der Waals surface area contributed by atoms with Crippen LogP contribution < -0.4 is 5.56 Å². The van der Waals surface area contributed by atoms with E-state index in [1.165, 1.54) is 23.5 Å². The number of carbonyl (C=O) groups excluding carboxylic acids is 1. The number of thiophene rings is 1. The molecule has 0 aliphatic carbocycles. The van der Waals surface area contributed by atoms with E-state index in [9.17, 15) is 14.0 Å². The summed E-state index contributed by atoms with van der Waals surface area (Å²) in [5.74, 6) is -0.329. The van der Waals surface area contributed by atoms with Crippen LogP contribution in [0.5, 0.6) is 0 Å². The monoisotopic (exact) mass is 461 g/mol. The summed E-state index contributed by atoms with van der Waals surface area (Å²) < 4.78 is 14.8. The van der Waals surface area contributed by atoms with Crippen LogP contribution in [0.15, 0.2) is 65.7 Å². The van der Waals surface area contributed by atoms with Crippen molar-refractivity contribution in [3.63, 3.8) is 0 Å². The lowest BCUT2D eigenvalue weighted by molar-refractivity contribution is -0.133. The number of hydrogen-bond acceptors (Lipinski definition) is 4. The quantitative estimate of drug-likeness (QED) is 0.432. The first-order valence-corrected chi connectivity index (χ1v) is 11.9. The van der Waals surface area contributed by atoms with Gasteiger partial charge in [0, 0.05) is 11.4 Å².